The zero-order chi connectivity index (χ0) is 13.3. The third-order valence-electron chi connectivity index (χ3n) is 3.12. The van der Waals surface area contributed by atoms with Crippen LogP contribution in [0.1, 0.15) is 25.0 Å². The number of aryl methyl sites for hydroxylation is 1. The van der Waals surface area contributed by atoms with Gasteiger partial charge in [-0.1, -0.05) is 17.8 Å². The lowest BCUT2D eigenvalue weighted by Gasteiger charge is -2.35. The van der Waals surface area contributed by atoms with Crippen molar-refractivity contribution in [3.05, 3.63) is 5.69 Å². The Balaban J connectivity index is 2.35. The quantitative estimate of drug-likeness (QED) is 0.826. The van der Waals surface area contributed by atoms with E-state index < -0.39 is 10.0 Å². The summed E-state index contributed by atoms with van der Waals surface area (Å²) in [7, 11) is -3.58. The van der Waals surface area contributed by atoms with Crippen molar-refractivity contribution in [3.8, 4) is 0 Å². The first-order chi connectivity index (χ1) is 8.46. The minimum Gasteiger partial charge on any atom is -0.395 e. The Bertz CT molecular complexity index is 522. The number of nitrogens with zero attached hydrogens (tertiary/aromatic N) is 2. The van der Waals surface area contributed by atoms with E-state index in [-0.39, 0.29) is 28.5 Å². The van der Waals surface area contributed by atoms with Gasteiger partial charge in [0.25, 0.3) is 10.0 Å². The molecule has 1 heterocycles. The van der Waals surface area contributed by atoms with Crippen LogP contribution in [0.5, 0.6) is 0 Å². The fraction of sp³-hybridized carbons (Fsp3) is 0.700. The number of thiazole rings is 1. The molecule has 8 heteroatoms. The molecule has 0 atom stereocenters. The molecular weight excluding hydrogens is 274 g/mol. The van der Waals surface area contributed by atoms with Crippen molar-refractivity contribution in [2.45, 2.75) is 36.4 Å². The van der Waals surface area contributed by atoms with Gasteiger partial charge in [-0.05, 0) is 19.8 Å². The third-order valence-corrected chi connectivity index (χ3v) is 6.64. The van der Waals surface area contributed by atoms with Gasteiger partial charge in [-0.15, -0.1) is 0 Å². The highest BCUT2D eigenvalue weighted by molar-refractivity contribution is 7.91. The van der Waals surface area contributed by atoms with Crippen LogP contribution in [0.3, 0.4) is 0 Å². The van der Waals surface area contributed by atoms with Crippen LogP contribution in [0.15, 0.2) is 4.21 Å². The zero-order valence-electron chi connectivity index (χ0n) is 10.2. The molecule has 0 amide bonds. The summed E-state index contributed by atoms with van der Waals surface area (Å²) in [5, 5.41) is 9.30. The molecule has 0 spiro atoms. The lowest BCUT2D eigenvalue weighted by molar-refractivity contribution is 0.178. The van der Waals surface area contributed by atoms with Crippen LogP contribution in [0.4, 0.5) is 5.13 Å². The molecule has 1 aromatic rings. The third kappa shape index (κ3) is 2.37. The number of nitrogens with two attached hydrogens (primary N) is 1. The van der Waals surface area contributed by atoms with Gasteiger partial charge in [0, 0.05) is 12.6 Å². The van der Waals surface area contributed by atoms with Crippen LogP contribution in [-0.4, -0.2) is 42.0 Å². The number of hydrogen-bond acceptors (Lipinski definition) is 6. The Morgan fingerprint density at radius 1 is 1.56 bits per heavy atom. The van der Waals surface area contributed by atoms with Crippen molar-refractivity contribution in [2.75, 3.05) is 18.9 Å². The Kier molecular flexibility index (Phi) is 3.90. The average molecular weight is 291 g/mol. The van der Waals surface area contributed by atoms with Gasteiger partial charge in [0.2, 0.25) is 0 Å². The van der Waals surface area contributed by atoms with E-state index in [1.165, 1.54) is 4.31 Å². The van der Waals surface area contributed by atoms with E-state index in [1.54, 1.807) is 6.92 Å². The Labute approximate surface area is 110 Å². The zero-order valence-corrected chi connectivity index (χ0v) is 11.8. The monoisotopic (exact) mass is 291 g/mol. The number of anilines is 1. The van der Waals surface area contributed by atoms with Crippen LogP contribution in [0.25, 0.3) is 0 Å². The molecule has 2 rings (SSSR count). The maximum atomic E-state index is 12.5. The van der Waals surface area contributed by atoms with Crippen LogP contribution in [0.2, 0.25) is 0 Å². The fourth-order valence-corrected chi connectivity index (χ4v) is 5.11. The highest BCUT2D eigenvalue weighted by atomic mass is 32.2. The number of hydrogen-bond donors (Lipinski definition) is 2. The van der Waals surface area contributed by atoms with E-state index in [0.717, 1.165) is 30.6 Å². The molecule has 0 unspecified atom stereocenters. The van der Waals surface area contributed by atoms with Crippen molar-refractivity contribution >= 4 is 26.5 Å². The van der Waals surface area contributed by atoms with Crippen molar-refractivity contribution in [1.29, 1.82) is 0 Å². The van der Waals surface area contributed by atoms with Gasteiger partial charge in [0.15, 0.2) is 9.34 Å². The first-order valence-corrected chi connectivity index (χ1v) is 8.08. The second-order valence-corrected chi connectivity index (χ2v) is 7.47. The maximum absolute atomic E-state index is 12.5. The SMILES string of the molecule is Cc1nc(N)sc1S(=O)(=O)N(CCO)C1CCC1. The van der Waals surface area contributed by atoms with E-state index in [1.807, 2.05) is 0 Å². The van der Waals surface area contributed by atoms with E-state index in [2.05, 4.69) is 4.98 Å². The minimum atomic E-state index is -3.58. The molecule has 1 aromatic heterocycles. The summed E-state index contributed by atoms with van der Waals surface area (Å²) >= 11 is 0.983. The molecule has 1 saturated carbocycles. The Hall–Kier alpha value is -0.700. The standard InChI is InChI=1S/C10H17N3O3S2/c1-7-9(17-10(11)12-7)18(15,16)13(5-6-14)8-3-2-4-8/h8,14H,2-6H2,1H3,(H2,11,12). The number of rotatable bonds is 5. The smallest absolute Gasteiger partial charge is 0.254 e. The molecule has 0 aromatic carbocycles. The molecular formula is C10H17N3O3S2. The number of nitrogen functional groups attached to an aromatic ring is 1. The lowest BCUT2D eigenvalue weighted by Crippen LogP contribution is -2.45. The van der Waals surface area contributed by atoms with Crippen LogP contribution < -0.4 is 5.73 Å². The first-order valence-electron chi connectivity index (χ1n) is 5.82. The van der Waals surface area contributed by atoms with Crippen molar-refractivity contribution < 1.29 is 13.5 Å². The second kappa shape index (κ2) is 5.12. The van der Waals surface area contributed by atoms with Gasteiger partial charge in [-0.25, -0.2) is 13.4 Å². The molecule has 1 aliphatic rings. The number of aromatic nitrogens is 1. The Morgan fingerprint density at radius 3 is 2.61 bits per heavy atom. The second-order valence-electron chi connectivity index (χ2n) is 4.35. The van der Waals surface area contributed by atoms with E-state index in [4.69, 9.17) is 10.8 Å². The van der Waals surface area contributed by atoms with Gasteiger partial charge in [0.05, 0.1) is 12.3 Å². The van der Waals surface area contributed by atoms with Crippen LogP contribution >= 0.6 is 11.3 Å². The van der Waals surface area contributed by atoms with Gasteiger partial charge in [-0.2, -0.15) is 4.31 Å². The van der Waals surface area contributed by atoms with Crippen molar-refractivity contribution in [1.82, 2.24) is 9.29 Å². The molecule has 0 radical (unpaired) electrons. The minimum absolute atomic E-state index is 0.00451. The molecule has 1 fully saturated rings. The van der Waals surface area contributed by atoms with Crippen LogP contribution in [0, 0.1) is 6.92 Å². The molecule has 0 saturated heterocycles. The highest BCUT2D eigenvalue weighted by Crippen LogP contribution is 2.33. The summed E-state index contributed by atoms with van der Waals surface area (Å²) < 4.78 is 26.6. The summed E-state index contributed by atoms with van der Waals surface area (Å²) in [4.78, 5) is 3.95. The molecule has 3 N–H and O–H groups in total. The number of aliphatic hydroxyl groups excluding tert-OH is 1. The van der Waals surface area contributed by atoms with E-state index in [0.29, 0.717) is 5.69 Å². The van der Waals surface area contributed by atoms with Crippen molar-refractivity contribution in [2.24, 2.45) is 0 Å². The highest BCUT2D eigenvalue weighted by Gasteiger charge is 2.36. The Morgan fingerprint density at radius 2 is 2.22 bits per heavy atom. The summed E-state index contributed by atoms with van der Waals surface area (Å²) in [6.07, 6.45) is 2.74. The lowest BCUT2D eigenvalue weighted by atomic mass is 9.93. The first kappa shape index (κ1) is 13.7. The molecule has 0 bridgehead atoms. The molecule has 102 valence electrons. The van der Waals surface area contributed by atoms with Crippen LogP contribution in [-0.2, 0) is 10.0 Å². The predicted molar refractivity (Wildman–Crippen MR) is 69.9 cm³/mol. The van der Waals surface area contributed by atoms with E-state index in [9.17, 15) is 8.42 Å². The number of aliphatic hydroxyl groups is 1. The predicted octanol–water partition coefficient (Wildman–Crippen LogP) is 0.569. The summed E-state index contributed by atoms with van der Waals surface area (Å²) in [5.41, 5.74) is 5.98. The van der Waals surface area contributed by atoms with Gasteiger partial charge in [0.1, 0.15) is 0 Å². The number of sulfonamides is 1. The maximum Gasteiger partial charge on any atom is 0.254 e. The summed E-state index contributed by atoms with van der Waals surface area (Å²) in [6.45, 7) is 1.59. The summed E-state index contributed by atoms with van der Waals surface area (Å²) in [5.74, 6) is 0. The van der Waals surface area contributed by atoms with E-state index >= 15 is 0 Å². The van der Waals surface area contributed by atoms with Gasteiger partial charge in [-0.3, -0.25) is 0 Å². The van der Waals surface area contributed by atoms with Gasteiger partial charge >= 0.3 is 0 Å². The largest absolute Gasteiger partial charge is 0.395 e. The molecule has 6 nitrogen and oxygen atoms in total. The average Bonchev–Trinajstić information content (AvgIpc) is 2.55. The van der Waals surface area contributed by atoms with Crippen molar-refractivity contribution in [3.63, 3.8) is 0 Å². The fourth-order valence-electron chi connectivity index (χ4n) is 2.02. The topological polar surface area (TPSA) is 96.5 Å². The molecule has 18 heavy (non-hydrogen) atoms. The summed E-state index contributed by atoms with van der Waals surface area (Å²) in [6, 6.07) is 0.00451. The molecule has 1 aliphatic carbocycles. The van der Waals surface area contributed by atoms with Gasteiger partial charge < -0.3 is 10.8 Å². The molecule has 0 aliphatic heterocycles. The normalized spacial score (nSPS) is 17.1.